The lowest BCUT2D eigenvalue weighted by molar-refractivity contribution is -0.142. The standard InChI is InChI=1S/C35H27N3O4/c39-31-29-28-22-10-4-6-12-24(22)35(25-13-7-5-11-23(25)28,30(29)34(42)37(31)17-19-8-2-1-3-9-19)18-36-38-32(40)26-20-14-15-21(16-20)27(26)33(38)41/h1-15,18,20-21,26-30H,16-17H2/b36-18-/t20-,21-,26+,27+,28?,29+,30+,35?/m0/s1. The molecule has 0 aromatic heterocycles. The second-order valence-corrected chi connectivity index (χ2v) is 12.5. The first-order valence-corrected chi connectivity index (χ1v) is 14.7. The van der Waals surface area contributed by atoms with E-state index in [1.54, 1.807) is 6.21 Å². The molecule has 4 amide bonds. The highest BCUT2D eigenvalue weighted by Crippen LogP contribution is 2.63. The number of carbonyl (C=O) groups is 4. The number of benzene rings is 3. The van der Waals surface area contributed by atoms with E-state index in [0.717, 1.165) is 39.2 Å². The maximum absolute atomic E-state index is 14.4. The molecule has 2 aliphatic heterocycles. The number of imide groups is 2. The minimum absolute atomic E-state index is 0.0753. The van der Waals surface area contributed by atoms with E-state index >= 15 is 0 Å². The van der Waals surface area contributed by atoms with Gasteiger partial charge in [0, 0.05) is 12.1 Å². The Morgan fingerprint density at radius 1 is 0.690 bits per heavy atom. The zero-order valence-electron chi connectivity index (χ0n) is 22.7. The van der Waals surface area contributed by atoms with Crippen molar-refractivity contribution >= 4 is 29.8 Å². The molecule has 6 atom stereocenters. The van der Waals surface area contributed by atoms with Crippen molar-refractivity contribution in [3.63, 3.8) is 0 Å². The topological polar surface area (TPSA) is 87.1 Å². The first-order valence-electron chi connectivity index (χ1n) is 14.7. The summed E-state index contributed by atoms with van der Waals surface area (Å²) in [7, 11) is 0. The number of rotatable bonds is 4. The number of nitrogens with zero attached hydrogens (tertiary/aromatic N) is 3. The third-order valence-corrected chi connectivity index (χ3v) is 10.8. The van der Waals surface area contributed by atoms with Crippen molar-refractivity contribution in [3.8, 4) is 0 Å². The summed E-state index contributed by atoms with van der Waals surface area (Å²) in [6.07, 6.45) is 6.62. The predicted octanol–water partition coefficient (Wildman–Crippen LogP) is 4.03. The Hall–Kier alpha value is -4.65. The van der Waals surface area contributed by atoms with Crippen molar-refractivity contribution in [2.24, 2.45) is 40.6 Å². The summed E-state index contributed by atoms with van der Waals surface area (Å²) in [5.41, 5.74) is 3.56. The number of carbonyl (C=O) groups excluding carboxylic acids is 4. The van der Waals surface area contributed by atoms with Crippen LogP contribution in [0, 0.1) is 35.5 Å². The number of hydrazone groups is 1. The van der Waals surface area contributed by atoms with Crippen LogP contribution in [-0.2, 0) is 31.1 Å². The average Bonchev–Trinajstić information content (AvgIpc) is 3.77. The van der Waals surface area contributed by atoms with Gasteiger partial charge in [-0.25, -0.2) is 0 Å². The van der Waals surface area contributed by atoms with E-state index in [4.69, 9.17) is 0 Å². The Morgan fingerprint density at radius 2 is 1.26 bits per heavy atom. The van der Waals surface area contributed by atoms with Gasteiger partial charge in [0.25, 0.3) is 11.8 Å². The van der Waals surface area contributed by atoms with E-state index in [-0.39, 0.29) is 59.8 Å². The lowest BCUT2D eigenvalue weighted by Gasteiger charge is -2.52. The molecule has 3 aromatic carbocycles. The SMILES string of the molecule is O=C1[C@@H]2C3c4ccccc4C(/C=N\N4C(=O)[C@H]5[C@H](C4=O)[C@H]4C=C[C@H]5C4)(c4ccccc43)[C@H]2C(=O)N1Cc1ccccc1. The average molecular weight is 554 g/mol. The number of likely N-dealkylation sites (tertiary alicyclic amines) is 1. The van der Waals surface area contributed by atoms with Gasteiger partial charge in [-0.05, 0) is 46.1 Å². The molecule has 2 saturated heterocycles. The third kappa shape index (κ3) is 2.79. The number of fused-ring (bicyclic) bond motifs is 5. The highest BCUT2D eigenvalue weighted by Gasteiger charge is 2.68. The summed E-state index contributed by atoms with van der Waals surface area (Å²) in [4.78, 5) is 57.2. The highest BCUT2D eigenvalue weighted by molar-refractivity contribution is 6.12. The Bertz CT molecular complexity index is 1720. The molecular weight excluding hydrogens is 526 g/mol. The van der Waals surface area contributed by atoms with Crippen molar-refractivity contribution in [2.45, 2.75) is 24.3 Å². The zero-order chi connectivity index (χ0) is 28.3. The Labute approximate surface area is 242 Å². The van der Waals surface area contributed by atoms with Gasteiger partial charge in [-0.15, -0.1) is 0 Å². The highest BCUT2D eigenvalue weighted by atomic mass is 16.2. The molecule has 10 rings (SSSR count). The van der Waals surface area contributed by atoms with E-state index in [2.05, 4.69) is 17.3 Å². The second-order valence-electron chi connectivity index (χ2n) is 12.5. The van der Waals surface area contributed by atoms with E-state index in [0.29, 0.717) is 0 Å². The molecule has 5 aliphatic carbocycles. The lowest BCUT2D eigenvalue weighted by atomic mass is 9.47. The van der Waals surface area contributed by atoms with Crippen molar-refractivity contribution in [1.82, 2.24) is 9.91 Å². The van der Waals surface area contributed by atoms with E-state index in [9.17, 15) is 19.2 Å². The van der Waals surface area contributed by atoms with Gasteiger partial charge in [0.05, 0.1) is 35.6 Å². The third-order valence-electron chi connectivity index (χ3n) is 10.8. The van der Waals surface area contributed by atoms with Gasteiger partial charge < -0.3 is 0 Å². The van der Waals surface area contributed by atoms with Gasteiger partial charge in [0.1, 0.15) is 0 Å². The molecule has 0 N–H and O–H groups in total. The lowest BCUT2D eigenvalue weighted by Crippen LogP contribution is -2.55. The summed E-state index contributed by atoms with van der Waals surface area (Å²) >= 11 is 0. The molecule has 0 radical (unpaired) electrons. The summed E-state index contributed by atoms with van der Waals surface area (Å²) in [5, 5.41) is 5.74. The van der Waals surface area contributed by atoms with Gasteiger partial charge in [-0.1, -0.05) is 91.0 Å². The largest absolute Gasteiger partial charge is 0.278 e. The van der Waals surface area contributed by atoms with Crippen LogP contribution in [0.15, 0.2) is 96.1 Å². The van der Waals surface area contributed by atoms with Crippen molar-refractivity contribution in [2.75, 3.05) is 0 Å². The van der Waals surface area contributed by atoms with Gasteiger partial charge in [0.2, 0.25) is 11.8 Å². The van der Waals surface area contributed by atoms with Crippen molar-refractivity contribution in [3.05, 3.63) is 119 Å². The van der Waals surface area contributed by atoms with Crippen molar-refractivity contribution < 1.29 is 19.2 Å². The zero-order valence-corrected chi connectivity index (χ0v) is 22.7. The van der Waals surface area contributed by atoms with Crippen LogP contribution >= 0.6 is 0 Å². The van der Waals surface area contributed by atoms with Gasteiger partial charge >= 0.3 is 0 Å². The molecule has 7 nitrogen and oxygen atoms in total. The van der Waals surface area contributed by atoms with Crippen LogP contribution in [0.4, 0.5) is 0 Å². The van der Waals surface area contributed by atoms with Crippen LogP contribution in [0.5, 0.6) is 0 Å². The molecule has 3 aromatic rings. The minimum Gasteiger partial charge on any atom is -0.278 e. The van der Waals surface area contributed by atoms with Crippen molar-refractivity contribution in [1.29, 1.82) is 0 Å². The Morgan fingerprint density at radius 3 is 1.88 bits per heavy atom. The fourth-order valence-electron chi connectivity index (χ4n) is 9.18. The van der Waals surface area contributed by atoms with E-state index in [1.165, 1.54) is 4.90 Å². The van der Waals surface area contributed by atoms with Crippen LogP contribution in [-0.4, -0.2) is 39.8 Å². The molecule has 42 heavy (non-hydrogen) atoms. The molecule has 1 saturated carbocycles. The number of allylic oxidation sites excluding steroid dienone is 2. The van der Waals surface area contributed by atoms with Gasteiger partial charge in [0.15, 0.2) is 0 Å². The second kappa shape index (κ2) is 8.22. The summed E-state index contributed by atoms with van der Waals surface area (Å²) in [5.74, 6) is -3.17. The molecule has 0 unspecified atom stereocenters. The molecule has 4 bridgehead atoms. The van der Waals surface area contributed by atoms with Gasteiger partial charge in [-0.2, -0.15) is 10.1 Å². The first kappa shape index (κ1) is 24.0. The number of hydrogen-bond donors (Lipinski definition) is 0. The minimum atomic E-state index is -1.11. The molecule has 206 valence electrons. The van der Waals surface area contributed by atoms with E-state index in [1.807, 2.05) is 78.9 Å². The first-order chi connectivity index (χ1) is 20.5. The molecule has 0 spiro atoms. The Balaban J connectivity index is 1.21. The van der Waals surface area contributed by atoms with Crippen LogP contribution < -0.4 is 0 Å². The van der Waals surface area contributed by atoms with Crippen LogP contribution in [0.2, 0.25) is 0 Å². The summed E-state index contributed by atoms with van der Waals surface area (Å²) < 4.78 is 0. The van der Waals surface area contributed by atoms with E-state index < -0.39 is 17.3 Å². The monoisotopic (exact) mass is 553 g/mol. The fraction of sp³-hybridized carbons (Fsp3) is 0.286. The maximum Gasteiger partial charge on any atom is 0.254 e. The molecule has 7 aliphatic rings. The number of hydrogen-bond acceptors (Lipinski definition) is 5. The molecule has 7 heteroatoms. The fourth-order valence-corrected chi connectivity index (χ4v) is 9.18. The molecule has 2 heterocycles. The maximum atomic E-state index is 14.4. The summed E-state index contributed by atoms with van der Waals surface area (Å²) in [6.45, 7) is 0.195. The molecular formula is C35H27N3O4. The van der Waals surface area contributed by atoms with Crippen LogP contribution in [0.25, 0.3) is 0 Å². The normalized spacial score (nSPS) is 34.9. The molecule has 3 fully saturated rings. The number of amides is 4. The summed E-state index contributed by atoms with van der Waals surface area (Å²) in [6, 6.07) is 25.4. The quantitative estimate of drug-likeness (QED) is 0.277. The Kier molecular flexibility index (Phi) is 4.69. The van der Waals surface area contributed by atoms with Gasteiger partial charge in [-0.3, -0.25) is 24.1 Å². The smallest absolute Gasteiger partial charge is 0.254 e. The van der Waals surface area contributed by atoms with Crippen LogP contribution in [0.1, 0.15) is 40.2 Å². The predicted molar refractivity (Wildman–Crippen MR) is 153 cm³/mol. The van der Waals surface area contributed by atoms with Crippen LogP contribution in [0.3, 0.4) is 0 Å².